The molecule has 0 aromatic heterocycles. The van der Waals surface area contributed by atoms with Crippen LogP contribution >= 0.6 is 0 Å². The molecule has 7 heteroatoms. The lowest BCUT2D eigenvalue weighted by Crippen LogP contribution is -2.55. The van der Waals surface area contributed by atoms with Crippen LogP contribution in [0, 0.1) is 5.92 Å². The second-order valence-corrected chi connectivity index (χ2v) is 6.41. The van der Waals surface area contributed by atoms with Gasteiger partial charge in [-0.2, -0.15) is 0 Å². The maximum absolute atomic E-state index is 12.5. The quantitative estimate of drug-likeness (QED) is 0.744. The fourth-order valence-corrected chi connectivity index (χ4v) is 3.23. The Morgan fingerprint density at radius 2 is 1.76 bits per heavy atom. The number of β-amino-alcohol motifs (C(OH)–C–C–N with tert-alkyl or cyclic N) is 1. The molecule has 2 atom stereocenters. The van der Waals surface area contributed by atoms with Gasteiger partial charge in [0.1, 0.15) is 6.04 Å². The Bertz CT molecular complexity index is 418. The van der Waals surface area contributed by atoms with Gasteiger partial charge in [-0.05, 0) is 18.8 Å². The first kappa shape index (κ1) is 14.6. The number of carboxylic acid groups (broad SMARTS) is 1. The highest BCUT2D eigenvalue weighted by atomic mass is 16.4. The van der Waals surface area contributed by atoms with Gasteiger partial charge >= 0.3 is 12.0 Å². The van der Waals surface area contributed by atoms with E-state index in [1.165, 1.54) is 17.7 Å². The summed E-state index contributed by atoms with van der Waals surface area (Å²) in [5.41, 5.74) is 0. The van der Waals surface area contributed by atoms with Crippen molar-refractivity contribution in [1.82, 2.24) is 14.7 Å². The number of carboxylic acids is 1. The lowest BCUT2D eigenvalue weighted by atomic mass is 10.2. The highest BCUT2D eigenvalue weighted by molar-refractivity contribution is 5.83. The molecule has 2 saturated heterocycles. The lowest BCUT2D eigenvalue weighted by molar-refractivity contribution is -0.141. The molecule has 0 aromatic rings. The van der Waals surface area contributed by atoms with Crippen molar-refractivity contribution in [2.24, 2.45) is 5.92 Å². The van der Waals surface area contributed by atoms with Gasteiger partial charge in [0.2, 0.25) is 0 Å². The predicted molar refractivity (Wildman–Crippen MR) is 74.9 cm³/mol. The Morgan fingerprint density at radius 1 is 1.10 bits per heavy atom. The summed E-state index contributed by atoms with van der Waals surface area (Å²) in [5, 5.41) is 18.8. The second-order valence-electron chi connectivity index (χ2n) is 6.41. The third-order valence-corrected chi connectivity index (χ3v) is 4.67. The number of aliphatic hydroxyl groups is 1. The van der Waals surface area contributed by atoms with E-state index < -0.39 is 18.1 Å². The normalized spacial score (nSPS) is 30.7. The number of likely N-dealkylation sites (tertiary alicyclic amines) is 1. The van der Waals surface area contributed by atoms with Gasteiger partial charge in [0.25, 0.3) is 0 Å². The number of aliphatic carboxylic acids is 1. The first-order valence-electron chi connectivity index (χ1n) is 7.73. The van der Waals surface area contributed by atoms with E-state index in [-0.39, 0.29) is 19.0 Å². The Morgan fingerprint density at radius 3 is 2.33 bits per heavy atom. The number of carbonyl (C=O) groups is 2. The number of urea groups is 1. The van der Waals surface area contributed by atoms with Gasteiger partial charge in [0.15, 0.2) is 0 Å². The zero-order valence-corrected chi connectivity index (χ0v) is 12.1. The molecule has 1 saturated carbocycles. The highest BCUT2D eigenvalue weighted by Crippen LogP contribution is 2.30. The van der Waals surface area contributed by atoms with Crippen molar-refractivity contribution in [3.8, 4) is 0 Å². The van der Waals surface area contributed by atoms with E-state index in [1.807, 2.05) is 0 Å². The van der Waals surface area contributed by atoms with Crippen LogP contribution in [0.1, 0.15) is 19.3 Å². The number of carbonyl (C=O) groups excluding carboxylic acids is 1. The molecule has 7 nitrogen and oxygen atoms in total. The molecule has 1 aliphatic carbocycles. The van der Waals surface area contributed by atoms with E-state index in [9.17, 15) is 14.7 Å². The fourth-order valence-electron chi connectivity index (χ4n) is 3.23. The molecule has 2 aliphatic heterocycles. The molecular formula is C14H23N3O4. The number of hydrogen-bond acceptors (Lipinski definition) is 4. The van der Waals surface area contributed by atoms with Gasteiger partial charge in [0.05, 0.1) is 6.10 Å². The van der Waals surface area contributed by atoms with Crippen LogP contribution in [0.25, 0.3) is 0 Å². The zero-order valence-electron chi connectivity index (χ0n) is 12.1. The fraction of sp³-hybridized carbons (Fsp3) is 0.857. The summed E-state index contributed by atoms with van der Waals surface area (Å²) in [6.07, 6.45) is 2.05. The Balaban J connectivity index is 1.54. The van der Waals surface area contributed by atoms with Crippen molar-refractivity contribution in [3.05, 3.63) is 0 Å². The summed E-state index contributed by atoms with van der Waals surface area (Å²) >= 11 is 0. The molecular weight excluding hydrogens is 274 g/mol. The topological polar surface area (TPSA) is 84.3 Å². The van der Waals surface area contributed by atoms with Crippen LogP contribution < -0.4 is 0 Å². The average Bonchev–Trinajstić information content (AvgIpc) is 3.18. The van der Waals surface area contributed by atoms with Crippen LogP contribution in [0.5, 0.6) is 0 Å². The van der Waals surface area contributed by atoms with Crippen molar-refractivity contribution in [3.63, 3.8) is 0 Å². The number of nitrogens with zero attached hydrogens (tertiary/aromatic N) is 3. The Hall–Kier alpha value is -1.34. The number of rotatable bonds is 3. The molecule has 3 rings (SSSR count). The summed E-state index contributed by atoms with van der Waals surface area (Å²) in [6.45, 7) is 4.25. The van der Waals surface area contributed by atoms with Gasteiger partial charge in [0, 0.05) is 45.7 Å². The van der Waals surface area contributed by atoms with E-state index >= 15 is 0 Å². The molecule has 2 amide bonds. The monoisotopic (exact) mass is 297 g/mol. The van der Waals surface area contributed by atoms with E-state index in [0.717, 1.165) is 25.6 Å². The molecule has 0 radical (unpaired) electrons. The standard InChI is InChI=1S/C14H23N3O4/c18-11-7-12(13(19)20)17(9-11)14(21)16-5-3-15(4-6-16)8-10-1-2-10/h10-12,18H,1-9H2,(H,19,20)/t11-,12-/m1/s1. The predicted octanol–water partition coefficient (Wildman–Crippen LogP) is -0.346. The van der Waals surface area contributed by atoms with Crippen LogP contribution in [0.3, 0.4) is 0 Å². The number of amides is 2. The summed E-state index contributed by atoms with van der Waals surface area (Å²) < 4.78 is 0. The first-order valence-corrected chi connectivity index (χ1v) is 7.73. The molecule has 0 unspecified atom stereocenters. The van der Waals surface area contributed by atoms with Crippen LogP contribution in [0.2, 0.25) is 0 Å². The maximum Gasteiger partial charge on any atom is 0.326 e. The maximum atomic E-state index is 12.5. The van der Waals surface area contributed by atoms with Crippen LogP contribution in [-0.2, 0) is 4.79 Å². The summed E-state index contributed by atoms with van der Waals surface area (Å²) in [6, 6.07) is -1.14. The number of aliphatic hydroxyl groups excluding tert-OH is 1. The third kappa shape index (κ3) is 3.29. The van der Waals surface area contributed by atoms with E-state index in [1.54, 1.807) is 4.90 Å². The van der Waals surface area contributed by atoms with Gasteiger partial charge in [-0.15, -0.1) is 0 Å². The van der Waals surface area contributed by atoms with Gasteiger partial charge in [-0.25, -0.2) is 9.59 Å². The molecule has 0 spiro atoms. The van der Waals surface area contributed by atoms with E-state index in [0.29, 0.717) is 13.1 Å². The van der Waals surface area contributed by atoms with Gasteiger partial charge in [-0.3, -0.25) is 4.90 Å². The average molecular weight is 297 g/mol. The largest absolute Gasteiger partial charge is 0.480 e. The van der Waals surface area contributed by atoms with Crippen molar-refractivity contribution in [1.29, 1.82) is 0 Å². The minimum absolute atomic E-state index is 0.123. The van der Waals surface area contributed by atoms with Crippen LogP contribution in [0.15, 0.2) is 0 Å². The van der Waals surface area contributed by atoms with Crippen molar-refractivity contribution in [2.75, 3.05) is 39.3 Å². The summed E-state index contributed by atoms with van der Waals surface area (Å²) in [4.78, 5) is 29.1. The first-order chi connectivity index (χ1) is 10.0. The molecule has 2 N–H and O–H groups in total. The molecule has 118 valence electrons. The number of hydrogen-bond donors (Lipinski definition) is 2. The minimum atomic E-state index is -1.03. The van der Waals surface area contributed by atoms with Crippen molar-refractivity contribution >= 4 is 12.0 Å². The third-order valence-electron chi connectivity index (χ3n) is 4.67. The minimum Gasteiger partial charge on any atom is -0.480 e. The van der Waals surface area contributed by atoms with Gasteiger partial charge in [-0.1, -0.05) is 0 Å². The summed E-state index contributed by atoms with van der Waals surface area (Å²) in [5.74, 6) is -0.190. The van der Waals surface area contributed by atoms with Crippen LogP contribution in [-0.4, -0.2) is 88.3 Å². The van der Waals surface area contributed by atoms with Crippen LogP contribution in [0.4, 0.5) is 4.79 Å². The van der Waals surface area contributed by atoms with E-state index in [4.69, 9.17) is 5.11 Å². The van der Waals surface area contributed by atoms with Crippen molar-refractivity contribution < 1.29 is 19.8 Å². The second kappa shape index (κ2) is 5.81. The summed E-state index contributed by atoms with van der Waals surface area (Å²) in [7, 11) is 0. The van der Waals surface area contributed by atoms with Gasteiger partial charge < -0.3 is 20.0 Å². The Labute approximate surface area is 124 Å². The molecule has 0 bridgehead atoms. The molecule has 21 heavy (non-hydrogen) atoms. The molecule has 3 fully saturated rings. The smallest absolute Gasteiger partial charge is 0.326 e. The molecule has 0 aromatic carbocycles. The number of piperazine rings is 1. The van der Waals surface area contributed by atoms with Crippen molar-refractivity contribution in [2.45, 2.75) is 31.4 Å². The highest BCUT2D eigenvalue weighted by Gasteiger charge is 2.41. The Kier molecular flexibility index (Phi) is 4.03. The zero-order chi connectivity index (χ0) is 15.0. The molecule has 2 heterocycles. The lowest BCUT2D eigenvalue weighted by Gasteiger charge is -2.37. The SMILES string of the molecule is O=C(O)[C@H]1C[C@@H](O)CN1C(=O)N1CCN(CC2CC2)CC1. The van der Waals surface area contributed by atoms with E-state index in [2.05, 4.69) is 4.90 Å². The molecule has 3 aliphatic rings.